The first-order valence-corrected chi connectivity index (χ1v) is 14.7. The Morgan fingerprint density at radius 3 is 1.95 bits per heavy atom. The van der Waals surface area contributed by atoms with E-state index in [2.05, 4.69) is 176 Å². The Balaban J connectivity index is 1.34. The summed E-state index contributed by atoms with van der Waals surface area (Å²) in [6, 6.07) is 39.2. The van der Waals surface area contributed by atoms with Crippen LogP contribution in [-0.4, -0.2) is 6.04 Å². The summed E-state index contributed by atoms with van der Waals surface area (Å²) in [5.74, 6) is 0. The molecule has 0 N–H and O–H groups in total. The van der Waals surface area contributed by atoms with Gasteiger partial charge in [-0.2, -0.15) is 0 Å². The first kappa shape index (κ1) is 28.0. The molecule has 1 atom stereocenters. The molecule has 1 aliphatic carbocycles. The van der Waals surface area contributed by atoms with Crippen LogP contribution in [0.25, 0.3) is 0 Å². The first-order valence-electron chi connectivity index (χ1n) is 14.7. The van der Waals surface area contributed by atoms with Gasteiger partial charge in [0, 0.05) is 28.4 Å². The van der Waals surface area contributed by atoms with Crippen molar-refractivity contribution in [1.82, 2.24) is 0 Å². The molecule has 5 rings (SSSR count). The van der Waals surface area contributed by atoms with E-state index in [1.807, 2.05) is 0 Å². The maximum atomic E-state index is 2.45. The predicted molar refractivity (Wildman–Crippen MR) is 177 cm³/mol. The first-order chi connectivity index (χ1) is 20.1. The summed E-state index contributed by atoms with van der Waals surface area (Å²) < 4.78 is 0. The molecule has 4 aromatic carbocycles. The number of para-hydroxylation sites is 2. The van der Waals surface area contributed by atoms with Gasteiger partial charge in [-0.3, -0.25) is 0 Å². The number of anilines is 4. The molecule has 0 saturated heterocycles. The Hall–Kier alpha value is -4.56. The smallest absolute Gasteiger partial charge is 0.0560 e. The molecule has 0 heterocycles. The van der Waals surface area contributed by atoms with Crippen LogP contribution in [0.2, 0.25) is 0 Å². The van der Waals surface area contributed by atoms with Gasteiger partial charge >= 0.3 is 0 Å². The molecule has 0 saturated carbocycles. The lowest BCUT2D eigenvalue weighted by molar-refractivity contribution is 0.776. The molecule has 1 unspecified atom stereocenters. The second-order valence-electron chi connectivity index (χ2n) is 10.6. The minimum absolute atomic E-state index is 0.275. The molecule has 2 heteroatoms. The van der Waals surface area contributed by atoms with Gasteiger partial charge < -0.3 is 9.80 Å². The number of hydrogen-bond donors (Lipinski definition) is 0. The fraction of sp³-hybridized carbons (Fsp3) is 0.179. The second kappa shape index (κ2) is 13.7. The minimum Gasteiger partial charge on any atom is -0.334 e. The van der Waals surface area contributed by atoms with Crippen molar-refractivity contribution in [2.75, 3.05) is 9.80 Å². The lowest BCUT2D eigenvalue weighted by atomic mass is 9.98. The molecule has 0 amide bonds. The van der Waals surface area contributed by atoms with Gasteiger partial charge in [-0.25, -0.2) is 0 Å². The van der Waals surface area contributed by atoms with Crippen molar-refractivity contribution < 1.29 is 0 Å². The molecule has 0 aliphatic heterocycles. The van der Waals surface area contributed by atoms with E-state index in [-0.39, 0.29) is 6.04 Å². The quantitative estimate of drug-likeness (QED) is 0.186. The number of nitrogens with zero attached hydrogens (tertiary/aromatic N) is 2. The van der Waals surface area contributed by atoms with Crippen LogP contribution < -0.4 is 9.80 Å². The molecule has 0 bridgehead atoms. The average molecular weight is 537 g/mol. The monoisotopic (exact) mass is 536 g/mol. The third kappa shape index (κ3) is 7.15. The van der Waals surface area contributed by atoms with Gasteiger partial charge in [-0.15, -0.1) is 0 Å². The van der Waals surface area contributed by atoms with Crippen LogP contribution in [-0.2, 0) is 0 Å². The highest BCUT2D eigenvalue weighted by Gasteiger charge is 2.20. The SMILES string of the molecule is CC/C=C(\C=C/CC1=CCC(N(c2ccccc2)c2cccc(C)c2)C=C1)N(c1ccccc1)c1cccc(C)c1. The summed E-state index contributed by atoms with van der Waals surface area (Å²) in [6.45, 7) is 6.51. The Labute approximate surface area is 246 Å². The zero-order valence-corrected chi connectivity index (χ0v) is 24.4. The summed E-state index contributed by atoms with van der Waals surface area (Å²) in [5.41, 5.74) is 9.87. The maximum absolute atomic E-state index is 2.45. The normalized spacial score (nSPS) is 15.1. The lowest BCUT2D eigenvalue weighted by Gasteiger charge is -2.33. The summed E-state index contributed by atoms with van der Waals surface area (Å²) in [6.07, 6.45) is 16.8. The Kier molecular flexibility index (Phi) is 9.34. The maximum Gasteiger partial charge on any atom is 0.0560 e. The molecule has 206 valence electrons. The van der Waals surface area contributed by atoms with E-state index >= 15 is 0 Å². The molecule has 41 heavy (non-hydrogen) atoms. The van der Waals surface area contributed by atoms with Crippen molar-refractivity contribution in [2.24, 2.45) is 0 Å². The van der Waals surface area contributed by atoms with E-state index in [4.69, 9.17) is 0 Å². The zero-order chi connectivity index (χ0) is 28.4. The van der Waals surface area contributed by atoms with Gasteiger partial charge in [-0.05, 0) is 104 Å². The molecule has 2 nitrogen and oxygen atoms in total. The van der Waals surface area contributed by atoms with E-state index in [0.29, 0.717) is 0 Å². The van der Waals surface area contributed by atoms with E-state index in [9.17, 15) is 0 Å². The van der Waals surface area contributed by atoms with Gasteiger partial charge in [-0.1, -0.05) is 98.0 Å². The second-order valence-corrected chi connectivity index (χ2v) is 10.6. The number of hydrogen-bond acceptors (Lipinski definition) is 2. The van der Waals surface area contributed by atoms with Gasteiger partial charge in [0.25, 0.3) is 0 Å². The Morgan fingerprint density at radius 1 is 0.732 bits per heavy atom. The molecule has 4 aromatic rings. The van der Waals surface area contributed by atoms with Crippen LogP contribution in [0.1, 0.15) is 37.3 Å². The fourth-order valence-electron chi connectivity index (χ4n) is 5.44. The van der Waals surface area contributed by atoms with Crippen LogP contribution in [0.3, 0.4) is 0 Å². The molecular formula is C39H40N2. The molecule has 1 aliphatic rings. The highest BCUT2D eigenvalue weighted by atomic mass is 15.2. The number of rotatable bonds is 10. The summed E-state index contributed by atoms with van der Waals surface area (Å²) in [5, 5.41) is 0. The Morgan fingerprint density at radius 2 is 1.34 bits per heavy atom. The fourth-order valence-corrected chi connectivity index (χ4v) is 5.44. The van der Waals surface area contributed by atoms with E-state index in [1.54, 1.807) is 0 Å². The summed E-state index contributed by atoms with van der Waals surface area (Å²) in [7, 11) is 0. The lowest BCUT2D eigenvalue weighted by Crippen LogP contribution is -2.30. The largest absolute Gasteiger partial charge is 0.334 e. The molecule has 0 radical (unpaired) electrons. The van der Waals surface area contributed by atoms with Gasteiger partial charge in [0.05, 0.1) is 6.04 Å². The van der Waals surface area contributed by atoms with Gasteiger partial charge in [0.1, 0.15) is 0 Å². The number of allylic oxidation sites excluding steroid dienone is 5. The number of aryl methyl sites for hydroxylation is 2. The van der Waals surface area contributed by atoms with Crippen LogP contribution in [0.15, 0.2) is 157 Å². The zero-order valence-electron chi connectivity index (χ0n) is 24.4. The van der Waals surface area contributed by atoms with Crippen LogP contribution >= 0.6 is 0 Å². The average Bonchev–Trinajstić information content (AvgIpc) is 3.00. The van der Waals surface area contributed by atoms with Crippen molar-refractivity contribution >= 4 is 22.7 Å². The van der Waals surface area contributed by atoms with Gasteiger partial charge in [0.15, 0.2) is 0 Å². The van der Waals surface area contributed by atoms with E-state index in [0.717, 1.165) is 19.3 Å². The third-order valence-corrected chi connectivity index (χ3v) is 7.39. The van der Waals surface area contributed by atoms with Crippen molar-refractivity contribution in [1.29, 1.82) is 0 Å². The van der Waals surface area contributed by atoms with Crippen molar-refractivity contribution in [2.45, 2.75) is 46.1 Å². The van der Waals surface area contributed by atoms with Gasteiger partial charge in [0.2, 0.25) is 0 Å². The Bertz CT molecular complexity index is 1540. The number of benzene rings is 4. The standard InChI is InChI=1S/C39H40N2/c1-4-14-34(40(35-18-7-5-8-19-35)38-23-11-15-31(2)29-38)22-13-17-33-25-27-37(28-26-33)41(36-20-9-6-10-21-36)39-24-12-16-32(3)30-39/h5-16,18-27,29-30,37H,4,17,28H2,1-3H3/b22-13-,34-14+. The van der Waals surface area contributed by atoms with Crippen LogP contribution in [0.5, 0.6) is 0 Å². The highest BCUT2D eigenvalue weighted by molar-refractivity contribution is 5.70. The van der Waals surface area contributed by atoms with E-state index < -0.39 is 0 Å². The topological polar surface area (TPSA) is 6.48 Å². The van der Waals surface area contributed by atoms with Crippen molar-refractivity contribution in [3.63, 3.8) is 0 Å². The third-order valence-electron chi connectivity index (χ3n) is 7.39. The van der Waals surface area contributed by atoms with Crippen LogP contribution in [0.4, 0.5) is 22.7 Å². The van der Waals surface area contributed by atoms with Crippen molar-refractivity contribution in [3.8, 4) is 0 Å². The molecule has 0 spiro atoms. The molecule has 0 fully saturated rings. The highest BCUT2D eigenvalue weighted by Crippen LogP contribution is 2.33. The molecule has 0 aromatic heterocycles. The van der Waals surface area contributed by atoms with Crippen molar-refractivity contribution in [3.05, 3.63) is 168 Å². The summed E-state index contributed by atoms with van der Waals surface area (Å²) >= 11 is 0. The van der Waals surface area contributed by atoms with Crippen LogP contribution in [0, 0.1) is 13.8 Å². The van der Waals surface area contributed by atoms with E-state index in [1.165, 1.54) is 45.1 Å². The molecular weight excluding hydrogens is 496 g/mol. The summed E-state index contributed by atoms with van der Waals surface area (Å²) in [4.78, 5) is 4.81. The minimum atomic E-state index is 0.275. The predicted octanol–water partition coefficient (Wildman–Crippen LogP) is 10.8.